The van der Waals surface area contributed by atoms with Crippen LogP contribution in [0.25, 0.3) is 0 Å². The zero-order valence-corrected chi connectivity index (χ0v) is 10.7. The van der Waals surface area contributed by atoms with Gasteiger partial charge in [0.25, 0.3) is 5.56 Å². The minimum Gasteiger partial charge on any atom is -0.481 e. The van der Waals surface area contributed by atoms with Crippen molar-refractivity contribution in [3.63, 3.8) is 0 Å². The Balaban J connectivity index is 1.94. The second-order valence-corrected chi connectivity index (χ2v) is 5.85. The van der Waals surface area contributed by atoms with Gasteiger partial charge >= 0.3 is 5.97 Å². The van der Waals surface area contributed by atoms with Crippen LogP contribution in [0.4, 0.5) is 0 Å². The van der Waals surface area contributed by atoms with Crippen molar-refractivity contribution in [2.75, 3.05) is 5.75 Å². The number of rotatable bonds is 3. The summed E-state index contributed by atoms with van der Waals surface area (Å²) in [6, 6.07) is 1.34. The number of carbonyl (C=O) groups is 1. The molecule has 0 saturated heterocycles. The fourth-order valence-electron chi connectivity index (χ4n) is 2.44. The topological polar surface area (TPSA) is 72.2 Å². The van der Waals surface area contributed by atoms with Crippen molar-refractivity contribution in [3.05, 3.63) is 22.1 Å². The van der Waals surface area contributed by atoms with Gasteiger partial charge in [0.2, 0.25) is 0 Å². The van der Waals surface area contributed by atoms with Crippen molar-refractivity contribution >= 4 is 17.7 Å². The van der Waals surface area contributed by atoms with Crippen LogP contribution in [0.3, 0.4) is 0 Å². The molecule has 1 aromatic rings. The number of thioether (sulfide) groups is 1. The molecule has 0 spiro atoms. The van der Waals surface area contributed by atoms with Crippen LogP contribution in [0.15, 0.2) is 16.0 Å². The van der Waals surface area contributed by atoms with E-state index in [1.54, 1.807) is 10.6 Å². The highest BCUT2D eigenvalue weighted by molar-refractivity contribution is 7.99. The summed E-state index contributed by atoms with van der Waals surface area (Å²) in [5.41, 5.74) is 0.791. The number of fused-ring (bicyclic) bond motifs is 1. The summed E-state index contributed by atoms with van der Waals surface area (Å²) in [5.74, 6) is 0.189. The highest BCUT2D eigenvalue weighted by Gasteiger charge is 2.29. The number of hydrogen-bond donors (Lipinski definition) is 1. The molecule has 1 N–H and O–H groups in total. The van der Waals surface area contributed by atoms with Crippen LogP contribution in [0.1, 0.15) is 43.3 Å². The standard InChI is InChI=1S/C12H14N2O3S/c15-10-5-9(7-2-1-3-7)13-12-14(10)8(6-18-12)4-11(16)17/h5,7-8H,1-4,6H2,(H,16,17)/t8-/m1/s1. The van der Waals surface area contributed by atoms with Crippen molar-refractivity contribution in [2.45, 2.75) is 42.8 Å². The van der Waals surface area contributed by atoms with E-state index in [4.69, 9.17) is 5.11 Å². The summed E-state index contributed by atoms with van der Waals surface area (Å²) in [6.45, 7) is 0. The smallest absolute Gasteiger partial charge is 0.305 e. The maximum Gasteiger partial charge on any atom is 0.305 e. The molecule has 3 rings (SSSR count). The molecule has 0 radical (unpaired) electrons. The van der Waals surface area contributed by atoms with Crippen molar-refractivity contribution in [2.24, 2.45) is 0 Å². The molecule has 6 heteroatoms. The molecule has 1 atom stereocenters. The zero-order valence-electron chi connectivity index (χ0n) is 9.83. The van der Waals surface area contributed by atoms with E-state index in [0.717, 1.165) is 18.5 Å². The second kappa shape index (κ2) is 4.42. The maximum atomic E-state index is 12.1. The molecular weight excluding hydrogens is 252 g/mol. The quantitative estimate of drug-likeness (QED) is 0.842. The molecule has 1 saturated carbocycles. The van der Waals surface area contributed by atoms with Crippen molar-refractivity contribution in [1.82, 2.24) is 9.55 Å². The van der Waals surface area contributed by atoms with E-state index < -0.39 is 5.97 Å². The highest BCUT2D eigenvalue weighted by Crippen LogP contribution is 2.37. The third-order valence-corrected chi connectivity index (χ3v) is 4.74. The maximum absolute atomic E-state index is 12.1. The lowest BCUT2D eigenvalue weighted by molar-refractivity contribution is -0.137. The van der Waals surface area contributed by atoms with Crippen LogP contribution in [-0.2, 0) is 4.79 Å². The SMILES string of the molecule is O=C(O)C[C@@H]1CSc2nc(C3CCC3)cc(=O)n21. The Kier molecular flexibility index (Phi) is 2.89. The van der Waals surface area contributed by atoms with E-state index in [-0.39, 0.29) is 18.0 Å². The van der Waals surface area contributed by atoms with Crippen LogP contribution in [0, 0.1) is 0 Å². The molecule has 5 nitrogen and oxygen atoms in total. The van der Waals surface area contributed by atoms with Gasteiger partial charge < -0.3 is 5.11 Å². The van der Waals surface area contributed by atoms with Gasteiger partial charge in [0.15, 0.2) is 5.16 Å². The minimum atomic E-state index is -0.872. The molecule has 96 valence electrons. The predicted molar refractivity (Wildman–Crippen MR) is 67.1 cm³/mol. The Labute approximate surface area is 108 Å². The van der Waals surface area contributed by atoms with Crippen molar-refractivity contribution < 1.29 is 9.90 Å². The lowest BCUT2D eigenvalue weighted by Gasteiger charge is -2.25. The first-order valence-electron chi connectivity index (χ1n) is 6.13. The fraction of sp³-hybridized carbons (Fsp3) is 0.583. The average molecular weight is 266 g/mol. The molecule has 18 heavy (non-hydrogen) atoms. The normalized spacial score (nSPS) is 22.6. The van der Waals surface area contributed by atoms with Crippen LogP contribution in [0.2, 0.25) is 0 Å². The van der Waals surface area contributed by atoms with E-state index in [2.05, 4.69) is 4.98 Å². The lowest BCUT2D eigenvalue weighted by atomic mass is 9.83. The highest BCUT2D eigenvalue weighted by atomic mass is 32.2. The summed E-state index contributed by atoms with van der Waals surface area (Å²) in [7, 11) is 0. The van der Waals surface area contributed by atoms with E-state index in [0.29, 0.717) is 16.8 Å². The van der Waals surface area contributed by atoms with Crippen LogP contribution in [0.5, 0.6) is 0 Å². The number of carboxylic acid groups (broad SMARTS) is 1. The number of hydrogen-bond acceptors (Lipinski definition) is 4. The molecule has 1 aliphatic carbocycles. The summed E-state index contributed by atoms with van der Waals surface area (Å²) in [6.07, 6.45) is 3.42. The zero-order chi connectivity index (χ0) is 12.7. The van der Waals surface area contributed by atoms with Gasteiger partial charge in [0, 0.05) is 17.7 Å². The molecule has 2 aliphatic rings. The number of nitrogens with zero attached hydrogens (tertiary/aromatic N) is 2. The fourth-order valence-corrected chi connectivity index (χ4v) is 3.59. The first-order valence-corrected chi connectivity index (χ1v) is 7.12. The van der Waals surface area contributed by atoms with E-state index >= 15 is 0 Å². The minimum absolute atomic E-state index is 0.00956. The Hall–Kier alpha value is -1.30. The van der Waals surface area contributed by atoms with Gasteiger partial charge in [-0.2, -0.15) is 0 Å². The van der Waals surface area contributed by atoms with Gasteiger partial charge in [0.1, 0.15) is 0 Å². The lowest BCUT2D eigenvalue weighted by Crippen LogP contribution is -2.27. The Morgan fingerprint density at radius 3 is 2.94 bits per heavy atom. The average Bonchev–Trinajstić information content (AvgIpc) is 2.58. The van der Waals surface area contributed by atoms with Gasteiger partial charge in [-0.1, -0.05) is 18.2 Å². The van der Waals surface area contributed by atoms with E-state index in [9.17, 15) is 9.59 Å². The van der Waals surface area contributed by atoms with Gasteiger partial charge in [-0.05, 0) is 12.8 Å². The predicted octanol–water partition coefficient (Wildman–Crippen LogP) is 1.63. The molecule has 0 aromatic carbocycles. The second-order valence-electron chi connectivity index (χ2n) is 4.86. The number of aromatic nitrogens is 2. The van der Waals surface area contributed by atoms with Crippen molar-refractivity contribution in [3.8, 4) is 0 Å². The molecule has 0 unspecified atom stereocenters. The van der Waals surface area contributed by atoms with Gasteiger partial charge in [0.05, 0.1) is 18.2 Å². The summed E-state index contributed by atoms with van der Waals surface area (Å²) >= 11 is 1.49. The van der Waals surface area contributed by atoms with E-state index in [1.807, 2.05) is 0 Å². The Bertz CT molecular complexity index is 551. The van der Waals surface area contributed by atoms with Gasteiger partial charge in [-0.3, -0.25) is 14.2 Å². The first-order chi connectivity index (χ1) is 8.65. The van der Waals surface area contributed by atoms with Crippen LogP contribution < -0.4 is 5.56 Å². The Morgan fingerprint density at radius 2 is 2.33 bits per heavy atom. The monoisotopic (exact) mass is 266 g/mol. The summed E-state index contributed by atoms with van der Waals surface area (Å²) in [5, 5.41) is 9.53. The molecule has 2 heterocycles. The summed E-state index contributed by atoms with van der Waals surface area (Å²) < 4.78 is 1.54. The third-order valence-electron chi connectivity index (χ3n) is 3.64. The van der Waals surface area contributed by atoms with Crippen LogP contribution in [-0.4, -0.2) is 26.4 Å². The first kappa shape index (κ1) is 11.8. The molecule has 1 fully saturated rings. The molecular formula is C12H14N2O3S. The largest absolute Gasteiger partial charge is 0.481 e. The van der Waals surface area contributed by atoms with Gasteiger partial charge in [-0.25, -0.2) is 4.98 Å². The molecule has 1 aliphatic heterocycles. The summed E-state index contributed by atoms with van der Waals surface area (Å²) in [4.78, 5) is 27.4. The third kappa shape index (κ3) is 1.94. The van der Waals surface area contributed by atoms with Crippen LogP contribution >= 0.6 is 11.8 Å². The number of aliphatic carboxylic acids is 1. The Morgan fingerprint density at radius 1 is 1.56 bits per heavy atom. The molecule has 0 bridgehead atoms. The molecule has 0 amide bonds. The van der Waals surface area contributed by atoms with E-state index in [1.165, 1.54) is 18.2 Å². The van der Waals surface area contributed by atoms with Gasteiger partial charge in [-0.15, -0.1) is 0 Å². The van der Waals surface area contributed by atoms with Crippen molar-refractivity contribution in [1.29, 1.82) is 0 Å². The number of carboxylic acids is 1. The molecule has 1 aromatic heterocycles.